The van der Waals surface area contributed by atoms with Gasteiger partial charge >= 0.3 is 6.36 Å². The van der Waals surface area contributed by atoms with E-state index in [0.29, 0.717) is 16.6 Å². The molecule has 5 nitrogen and oxygen atoms in total. The molecule has 0 aliphatic carbocycles. The first-order chi connectivity index (χ1) is 9.92. The number of H-pyrrole nitrogens is 1. The maximum Gasteiger partial charge on any atom is 0.573 e. The van der Waals surface area contributed by atoms with E-state index in [4.69, 9.17) is 11.6 Å². The van der Waals surface area contributed by atoms with Gasteiger partial charge in [-0.15, -0.1) is 13.2 Å². The zero-order valence-corrected chi connectivity index (χ0v) is 10.9. The summed E-state index contributed by atoms with van der Waals surface area (Å²) in [6.45, 7) is 0. The third-order valence-corrected chi connectivity index (χ3v) is 2.86. The Bertz CT molecular complexity index is 803. The Kier molecular flexibility index (Phi) is 3.17. The van der Waals surface area contributed by atoms with Crippen LogP contribution in [0.5, 0.6) is 5.75 Å². The summed E-state index contributed by atoms with van der Waals surface area (Å²) in [5.74, 6) is -0.173. The summed E-state index contributed by atoms with van der Waals surface area (Å²) < 4.78 is 40.5. The zero-order valence-electron chi connectivity index (χ0n) is 10.1. The van der Waals surface area contributed by atoms with Crippen LogP contribution in [0.4, 0.5) is 13.2 Å². The fourth-order valence-electron chi connectivity index (χ4n) is 1.77. The number of hydrogen-bond donors (Lipinski definition) is 1. The molecule has 0 radical (unpaired) electrons. The Morgan fingerprint density at radius 2 is 2.00 bits per heavy atom. The number of hydrogen-bond acceptors (Lipinski definition) is 4. The van der Waals surface area contributed by atoms with Crippen molar-refractivity contribution >= 4 is 22.6 Å². The van der Waals surface area contributed by atoms with E-state index in [0.717, 1.165) is 0 Å². The van der Waals surface area contributed by atoms with Crippen molar-refractivity contribution in [3.63, 3.8) is 0 Å². The topological polar surface area (TPSA) is 63.7 Å². The van der Waals surface area contributed by atoms with E-state index in [9.17, 15) is 13.2 Å². The molecule has 3 rings (SSSR count). The number of aromatic nitrogens is 4. The summed E-state index contributed by atoms with van der Waals surface area (Å²) in [6, 6.07) is 5.34. The average molecular weight is 315 g/mol. The summed E-state index contributed by atoms with van der Waals surface area (Å²) in [7, 11) is 0. The van der Waals surface area contributed by atoms with Gasteiger partial charge in [-0.05, 0) is 12.1 Å². The number of nitrogens with zero attached hydrogens (tertiary/aromatic N) is 3. The monoisotopic (exact) mass is 314 g/mol. The Morgan fingerprint density at radius 1 is 1.19 bits per heavy atom. The molecule has 0 bridgehead atoms. The Morgan fingerprint density at radius 3 is 2.76 bits per heavy atom. The second kappa shape index (κ2) is 4.88. The van der Waals surface area contributed by atoms with E-state index < -0.39 is 6.36 Å². The second-order valence-corrected chi connectivity index (χ2v) is 4.40. The van der Waals surface area contributed by atoms with Crippen LogP contribution in [-0.2, 0) is 0 Å². The van der Waals surface area contributed by atoms with Gasteiger partial charge in [0.15, 0.2) is 11.0 Å². The number of aromatic amines is 1. The van der Waals surface area contributed by atoms with Crippen molar-refractivity contribution in [1.29, 1.82) is 0 Å². The smallest absolute Gasteiger partial charge is 0.406 e. The number of rotatable bonds is 2. The molecular weight excluding hydrogens is 309 g/mol. The zero-order chi connectivity index (χ0) is 15.0. The van der Waals surface area contributed by atoms with E-state index in [-0.39, 0.29) is 16.7 Å². The van der Waals surface area contributed by atoms with E-state index in [1.165, 1.54) is 24.4 Å². The molecule has 0 unspecified atom stereocenters. The highest BCUT2D eigenvalue weighted by atomic mass is 35.5. The third kappa shape index (κ3) is 2.89. The van der Waals surface area contributed by atoms with Gasteiger partial charge in [0.2, 0.25) is 0 Å². The maximum atomic E-state index is 12.2. The van der Waals surface area contributed by atoms with Crippen LogP contribution in [0.3, 0.4) is 0 Å². The Labute approximate surface area is 120 Å². The molecule has 2 aromatic heterocycles. The molecule has 1 N–H and O–H groups in total. The largest absolute Gasteiger partial charge is 0.573 e. The summed E-state index contributed by atoms with van der Waals surface area (Å²) in [6.07, 6.45) is -3.31. The summed E-state index contributed by atoms with van der Waals surface area (Å²) in [4.78, 5) is 8.21. The van der Waals surface area contributed by atoms with Crippen LogP contribution < -0.4 is 4.74 Å². The number of nitrogens with one attached hydrogen (secondary N) is 1. The van der Waals surface area contributed by atoms with Crippen LogP contribution in [-0.4, -0.2) is 26.5 Å². The standard InChI is InChI=1S/C12H6ClF3N4O/c13-10-9-8(5-17-20-9)18-11(19-10)6-2-1-3-7(4-6)21-12(14,15)16/h1-5H,(H,17,20). The molecule has 1 aromatic carbocycles. The highest BCUT2D eigenvalue weighted by molar-refractivity contribution is 6.33. The SMILES string of the molecule is FC(F)(F)Oc1cccc(-c2nc(Cl)c3[nH]ncc3n2)c1. The van der Waals surface area contributed by atoms with Crippen LogP contribution >= 0.6 is 11.6 Å². The van der Waals surface area contributed by atoms with E-state index in [1.54, 1.807) is 6.07 Å². The van der Waals surface area contributed by atoms with Gasteiger partial charge in [0, 0.05) is 5.56 Å². The highest BCUT2D eigenvalue weighted by Gasteiger charge is 2.31. The average Bonchev–Trinajstić information content (AvgIpc) is 2.86. The van der Waals surface area contributed by atoms with Gasteiger partial charge in [-0.3, -0.25) is 5.10 Å². The van der Waals surface area contributed by atoms with Crippen molar-refractivity contribution in [2.24, 2.45) is 0 Å². The normalized spacial score (nSPS) is 11.8. The van der Waals surface area contributed by atoms with Crippen LogP contribution in [0.25, 0.3) is 22.4 Å². The van der Waals surface area contributed by atoms with Gasteiger partial charge in [0.25, 0.3) is 0 Å². The predicted molar refractivity (Wildman–Crippen MR) is 68.8 cm³/mol. The first kappa shape index (κ1) is 13.6. The van der Waals surface area contributed by atoms with Crippen molar-refractivity contribution in [2.75, 3.05) is 0 Å². The molecule has 0 saturated heterocycles. The van der Waals surface area contributed by atoms with Crippen molar-refractivity contribution < 1.29 is 17.9 Å². The fraction of sp³-hybridized carbons (Fsp3) is 0.0833. The molecule has 9 heteroatoms. The minimum Gasteiger partial charge on any atom is -0.406 e. The molecule has 108 valence electrons. The molecule has 0 amide bonds. The molecular formula is C12H6ClF3N4O. The molecule has 3 aromatic rings. The molecule has 0 spiro atoms. The number of alkyl halides is 3. The predicted octanol–water partition coefficient (Wildman–Crippen LogP) is 3.57. The number of halogens is 4. The third-order valence-electron chi connectivity index (χ3n) is 2.58. The molecule has 0 atom stereocenters. The maximum absolute atomic E-state index is 12.2. The Hall–Kier alpha value is -2.35. The lowest BCUT2D eigenvalue weighted by molar-refractivity contribution is -0.274. The van der Waals surface area contributed by atoms with Gasteiger partial charge in [-0.1, -0.05) is 23.7 Å². The highest BCUT2D eigenvalue weighted by Crippen LogP contribution is 2.28. The molecule has 0 aliphatic rings. The van der Waals surface area contributed by atoms with Gasteiger partial charge in [-0.2, -0.15) is 5.10 Å². The number of ether oxygens (including phenoxy) is 1. The quantitative estimate of drug-likeness (QED) is 0.734. The van der Waals surface area contributed by atoms with Crippen LogP contribution in [0.2, 0.25) is 5.15 Å². The van der Waals surface area contributed by atoms with E-state index in [2.05, 4.69) is 24.9 Å². The van der Waals surface area contributed by atoms with Gasteiger partial charge < -0.3 is 4.74 Å². The summed E-state index contributed by atoms with van der Waals surface area (Å²) in [5, 5.41) is 6.54. The first-order valence-corrected chi connectivity index (χ1v) is 6.03. The van der Waals surface area contributed by atoms with Gasteiger partial charge in [0.05, 0.1) is 6.20 Å². The summed E-state index contributed by atoms with van der Waals surface area (Å²) >= 11 is 5.97. The van der Waals surface area contributed by atoms with Crippen molar-refractivity contribution in [3.05, 3.63) is 35.6 Å². The van der Waals surface area contributed by atoms with Gasteiger partial charge in [-0.25, -0.2) is 9.97 Å². The molecule has 0 aliphatic heterocycles. The van der Waals surface area contributed by atoms with Crippen LogP contribution in [0.1, 0.15) is 0 Å². The number of benzene rings is 1. The van der Waals surface area contributed by atoms with Crippen molar-refractivity contribution in [3.8, 4) is 17.1 Å². The lowest BCUT2D eigenvalue weighted by Crippen LogP contribution is -2.17. The molecule has 2 heterocycles. The fourth-order valence-corrected chi connectivity index (χ4v) is 1.98. The molecule has 21 heavy (non-hydrogen) atoms. The van der Waals surface area contributed by atoms with Crippen LogP contribution in [0.15, 0.2) is 30.5 Å². The minimum absolute atomic E-state index is 0.134. The summed E-state index contributed by atoms with van der Waals surface area (Å²) in [5.41, 5.74) is 1.28. The minimum atomic E-state index is -4.76. The Balaban J connectivity index is 2.04. The van der Waals surface area contributed by atoms with E-state index >= 15 is 0 Å². The lowest BCUT2D eigenvalue weighted by atomic mass is 10.2. The van der Waals surface area contributed by atoms with Crippen molar-refractivity contribution in [2.45, 2.75) is 6.36 Å². The van der Waals surface area contributed by atoms with E-state index in [1.807, 2.05) is 0 Å². The van der Waals surface area contributed by atoms with Crippen LogP contribution in [0, 0.1) is 0 Å². The first-order valence-electron chi connectivity index (χ1n) is 5.65. The van der Waals surface area contributed by atoms with Gasteiger partial charge in [0.1, 0.15) is 16.8 Å². The number of fused-ring (bicyclic) bond motifs is 1. The van der Waals surface area contributed by atoms with Crippen molar-refractivity contribution in [1.82, 2.24) is 20.2 Å². The molecule has 0 saturated carbocycles. The molecule has 0 fully saturated rings. The second-order valence-electron chi connectivity index (χ2n) is 4.04. The lowest BCUT2D eigenvalue weighted by Gasteiger charge is -2.09.